The van der Waals surface area contributed by atoms with Crippen molar-refractivity contribution in [2.75, 3.05) is 21.2 Å². The zero-order valence-corrected chi connectivity index (χ0v) is 8.19. The van der Waals surface area contributed by atoms with Crippen molar-refractivity contribution in [3.05, 3.63) is 29.8 Å². The van der Waals surface area contributed by atoms with E-state index in [4.69, 9.17) is 4.74 Å². The fourth-order valence-corrected chi connectivity index (χ4v) is 0.904. The number of hydrogen-bond donors (Lipinski definition) is 0. The maximum absolute atomic E-state index is 5.09. The molecule has 0 aliphatic heterocycles. The summed E-state index contributed by atoms with van der Waals surface area (Å²) in [6.45, 7) is 0. The maximum Gasteiger partial charge on any atom is 0.119 e. The largest absolute Gasteiger partial charge is 0.497 e. The third-order valence-electron chi connectivity index (χ3n) is 1.53. The van der Waals surface area contributed by atoms with Gasteiger partial charge in [-0.15, -0.1) is 0 Å². The molecule has 0 atom stereocenters. The van der Waals surface area contributed by atoms with E-state index in [1.54, 1.807) is 18.3 Å². The van der Waals surface area contributed by atoms with Crippen LogP contribution in [0.2, 0.25) is 0 Å². The van der Waals surface area contributed by atoms with E-state index in [1.807, 2.05) is 38.4 Å². The van der Waals surface area contributed by atoms with Gasteiger partial charge in [0.15, 0.2) is 0 Å². The van der Waals surface area contributed by atoms with E-state index in [9.17, 15) is 0 Å². The average Bonchev–Trinajstić information content (AvgIpc) is 2.15. The van der Waals surface area contributed by atoms with Crippen LogP contribution in [0.3, 0.4) is 0 Å². The predicted molar refractivity (Wildman–Crippen MR) is 54.3 cm³/mol. The van der Waals surface area contributed by atoms with Gasteiger partial charge in [-0.3, -0.25) is 0 Å². The van der Waals surface area contributed by atoms with Crippen LogP contribution in [-0.4, -0.2) is 32.4 Å². The summed E-state index contributed by atoms with van der Waals surface area (Å²) in [5.41, 5.74) is 1.04. The second-order valence-corrected chi connectivity index (χ2v) is 2.87. The first-order chi connectivity index (χ1) is 6.22. The van der Waals surface area contributed by atoms with Gasteiger partial charge in [-0.1, -0.05) is 12.1 Å². The maximum atomic E-state index is 5.09. The van der Waals surface area contributed by atoms with Crippen LogP contribution < -0.4 is 4.74 Å². The molecule has 1 rings (SSSR count). The summed E-state index contributed by atoms with van der Waals surface area (Å²) in [6.07, 6.45) is 1.79. The molecule has 0 amide bonds. The standard InChI is InChI=1S/C10H14N2O/c1-12(2)11-8-9-5-4-6-10(7-9)13-3/h4-8H,1-3H3/b11-8+. The highest BCUT2D eigenvalue weighted by Crippen LogP contribution is 2.10. The summed E-state index contributed by atoms with van der Waals surface area (Å²) in [5, 5.41) is 5.87. The molecule has 0 aromatic heterocycles. The van der Waals surface area contributed by atoms with Gasteiger partial charge in [0, 0.05) is 14.1 Å². The molecule has 0 saturated carbocycles. The van der Waals surface area contributed by atoms with Crippen LogP contribution in [0.15, 0.2) is 29.4 Å². The molecule has 0 unspecified atom stereocenters. The van der Waals surface area contributed by atoms with E-state index < -0.39 is 0 Å². The molecule has 70 valence electrons. The highest BCUT2D eigenvalue weighted by atomic mass is 16.5. The molecule has 1 aromatic rings. The van der Waals surface area contributed by atoms with Gasteiger partial charge in [-0.2, -0.15) is 5.10 Å². The van der Waals surface area contributed by atoms with Gasteiger partial charge in [0.05, 0.1) is 13.3 Å². The fraction of sp³-hybridized carbons (Fsp3) is 0.300. The molecule has 0 radical (unpaired) electrons. The number of hydrazone groups is 1. The summed E-state index contributed by atoms with van der Waals surface area (Å²) in [4.78, 5) is 0. The van der Waals surface area contributed by atoms with Gasteiger partial charge in [0.2, 0.25) is 0 Å². The minimum Gasteiger partial charge on any atom is -0.497 e. The Morgan fingerprint density at radius 2 is 2.15 bits per heavy atom. The Morgan fingerprint density at radius 3 is 2.77 bits per heavy atom. The molecule has 1 aromatic carbocycles. The van der Waals surface area contributed by atoms with Gasteiger partial charge in [-0.05, 0) is 17.7 Å². The third kappa shape index (κ3) is 3.15. The molecule has 0 saturated heterocycles. The Kier molecular flexibility index (Phi) is 3.31. The van der Waals surface area contributed by atoms with E-state index >= 15 is 0 Å². The molecule has 13 heavy (non-hydrogen) atoms. The monoisotopic (exact) mass is 178 g/mol. The highest BCUT2D eigenvalue weighted by molar-refractivity contribution is 5.79. The molecular formula is C10H14N2O. The van der Waals surface area contributed by atoms with Gasteiger partial charge < -0.3 is 9.75 Å². The highest BCUT2D eigenvalue weighted by Gasteiger charge is 1.91. The van der Waals surface area contributed by atoms with E-state index in [2.05, 4.69) is 5.10 Å². The predicted octanol–water partition coefficient (Wildman–Crippen LogP) is 1.59. The quantitative estimate of drug-likeness (QED) is 0.518. The van der Waals surface area contributed by atoms with Crippen molar-refractivity contribution in [2.45, 2.75) is 0 Å². The van der Waals surface area contributed by atoms with Crippen molar-refractivity contribution in [2.24, 2.45) is 5.10 Å². The normalized spacial score (nSPS) is 10.4. The van der Waals surface area contributed by atoms with Crippen LogP contribution in [0.25, 0.3) is 0 Å². The van der Waals surface area contributed by atoms with E-state index in [1.165, 1.54) is 0 Å². The zero-order chi connectivity index (χ0) is 9.68. The molecule has 0 N–H and O–H groups in total. The summed E-state index contributed by atoms with van der Waals surface area (Å²) in [7, 11) is 5.43. The Labute approximate surface area is 78.6 Å². The number of benzene rings is 1. The van der Waals surface area contributed by atoms with E-state index in [0.717, 1.165) is 11.3 Å². The van der Waals surface area contributed by atoms with Gasteiger partial charge in [-0.25, -0.2) is 0 Å². The molecule has 3 nitrogen and oxygen atoms in total. The van der Waals surface area contributed by atoms with Crippen LogP contribution in [-0.2, 0) is 0 Å². The molecule has 0 bridgehead atoms. The minimum absolute atomic E-state index is 0.850. The molecule has 0 fully saturated rings. The van der Waals surface area contributed by atoms with Crippen LogP contribution in [0.5, 0.6) is 5.75 Å². The molecule has 0 aliphatic carbocycles. The van der Waals surface area contributed by atoms with Crippen molar-refractivity contribution in [3.63, 3.8) is 0 Å². The Morgan fingerprint density at radius 1 is 1.38 bits per heavy atom. The first-order valence-electron chi connectivity index (χ1n) is 4.08. The minimum atomic E-state index is 0.850. The fourth-order valence-electron chi connectivity index (χ4n) is 0.904. The lowest BCUT2D eigenvalue weighted by Crippen LogP contribution is -2.01. The average molecular weight is 178 g/mol. The zero-order valence-electron chi connectivity index (χ0n) is 8.19. The van der Waals surface area contributed by atoms with Crippen molar-refractivity contribution >= 4 is 6.21 Å². The van der Waals surface area contributed by atoms with Crippen LogP contribution in [0.4, 0.5) is 0 Å². The second kappa shape index (κ2) is 4.50. The lowest BCUT2D eigenvalue weighted by atomic mass is 10.2. The van der Waals surface area contributed by atoms with Crippen molar-refractivity contribution in [1.29, 1.82) is 0 Å². The second-order valence-electron chi connectivity index (χ2n) is 2.87. The number of methoxy groups -OCH3 is 1. The number of ether oxygens (including phenoxy) is 1. The molecule has 0 heterocycles. The van der Waals surface area contributed by atoms with Crippen molar-refractivity contribution < 1.29 is 4.74 Å². The molecule has 0 spiro atoms. The van der Waals surface area contributed by atoms with Gasteiger partial charge in [0.1, 0.15) is 5.75 Å². The lowest BCUT2D eigenvalue weighted by molar-refractivity contribution is 0.414. The van der Waals surface area contributed by atoms with E-state index in [-0.39, 0.29) is 0 Å². The number of nitrogens with zero attached hydrogens (tertiary/aromatic N) is 2. The first kappa shape index (κ1) is 9.58. The summed E-state index contributed by atoms with van der Waals surface area (Å²) >= 11 is 0. The summed E-state index contributed by atoms with van der Waals surface area (Å²) < 4.78 is 5.09. The smallest absolute Gasteiger partial charge is 0.119 e. The van der Waals surface area contributed by atoms with Gasteiger partial charge >= 0.3 is 0 Å². The Bertz CT molecular complexity index is 295. The Hall–Kier alpha value is -1.51. The van der Waals surface area contributed by atoms with E-state index in [0.29, 0.717) is 0 Å². The first-order valence-corrected chi connectivity index (χ1v) is 4.08. The van der Waals surface area contributed by atoms with Crippen molar-refractivity contribution in [3.8, 4) is 5.75 Å². The topological polar surface area (TPSA) is 24.8 Å². The molecule has 3 heteroatoms. The number of hydrogen-bond acceptors (Lipinski definition) is 3. The van der Waals surface area contributed by atoms with Crippen LogP contribution >= 0.6 is 0 Å². The SMILES string of the molecule is COc1cccc(/C=N/N(C)C)c1. The third-order valence-corrected chi connectivity index (χ3v) is 1.53. The van der Waals surface area contributed by atoms with Gasteiger partial charge in [0.25, 0.3) is 0 Å². The summed E-state index contributed by atoms with van der Waals surface area (Å²) in [5.74, 6) is 0.850. The van der Waals surface area contributed by atoms with Crippen LogP contribution in [0.1, 0.15) is 5.56 Å². The summed E-state index contributed by atoms with van der Waals surface area (Å²) in [6, 6.07) is 7.77. The molecular weight excluding hydrogens is 164 g/mol. The lowest BCUT2D eigenvalue weighted by Gasteiger charge is -2.03. The van der Waals surface area contributed by atoms with Crippen molar-refractivity contribution in [1.82, 2.24) is 5.01 Å². The molecule has 0 aliphatic rings. The van der Waals surface area contributed by atoms with Crippen LogP contribution in [0, 0.1) is 0 Å². The Balaban J connectivity index is 2.77. The number of rotatable bonds is 3.